The van der Waals surface area contributed by atoms with Crippen LogP contribution in [0.5, 0.6) is 5.75 Å². The van der Waals surface area contributed by atoms with Crippen LogP contribution in [-0.2, 0) is 22.3 Å². The number of rotatable bonds is 3. The quantitative estimate of drug-likeness (QED) is 0.818. The summed E-state index contributed by atoms with van der Waals surface area (Å²) in [5.41, 5.74) is 3.00. The summed E-state index contributed by atoms with van der Waals surface area (Å²) in [6, 6.07) is 5.50. The Kier molecular flexibility index (Phi) is 4.99. The molecule has 0 amide bonds. The fourth-order valence-corrected chi connectivity index (χ4v) is 3.32. The van der Waals surface area contributed by atoms with Crippen LogP contribution in [-0.4, -0.2) is 38.2 Å². The van der Waals surface area contributed by atoms with Gasteiger partial charge >= 0.3 is 0 Å². The van der Waals surface area contributed by atoms with Crippen LogP contribution in [0.2, 0.25) is 5.02 Å². The van der Waals surface area contributed by atoms with Gasteiger partial charge in [0.1, 0.15) is 21.8 Å². The maximum Gasteiger partial charge on any atom is 0.145 e. The molecule has 0 spiro atoms. The lowest BCUT2D eigenvalue weighted by Gasteiger charge is -2.19. The maximum absolute atomic E-state index is 12.4. The van der Waals surface area contributed by atoms with Crippen molar-refractivity contribution in [3.05, 3.63) is 40.7 Å². The van der Waals surface area contributed by atoms with Crippen LogP contribution in [0.4, 0.5) is 0 Å². The van der Waals surface area contributed by atoms with Crippen molar-refractivity contribution >= 4 is 28.3 Å². The summed E-state index contributed by atoms with van der Waals surface area (Å²) >= 11 is 6.42. The minimum Gasteiger partial charge on any atom is -0.495 e. The molecular formula is C17H20ClN3O3S. The minimum atomic E-state index is -1.36. The third-order valence-electron chi connectivity index (χ3n) is 3.77. The van der Waals surface area contributed by atoms with E-state index in [-0.39, 0.29) is 0 Å². The minimum absolute atomic E-state index is 0.312. The molecule has 0 saturated carbocycles. The second-order valence-electron chi connectivity index (χ2n) is 6.60. The highest BCUT2D eigenvalue weighted by molar-refractivity contribution is 7.85. The fraction of sp³-hybridized carbons (Fsp3) is 0.412. The molecule has 2 heterocycles. The van der Waals surface area contributed by atoms with Gasteiger partial charge in [0.15, 0.2) is 0 Å². The summed E-state index contributed by atoms with van der Waals surface area (Å²) in [4.78, 5) is 0. The number of hydrogen-bond donors (Lipinski definition) is 0. The molecule has 25 heavy (non-hydrogen) atoms. The number of aromatic nitrogens is 2. The van der Waals surface area contributed by atoms with E-state index in [0.717, 1.165) is 11.3 Å². The molecule has 1 aromatic carbocycles. The largest absolute Gasteiger partial charge is 0.495 e. The van der Waals surface area contributed by atoms with E-state index in [0.29, 0.717) is 35.4 Å². The third kappa shape index (κ3) is 3.49. The van der Waals surface area contributed by atoms with Crippen LogP contribution in [0.3, 0.4) is 0 Å². The van der Waals surface area contributed by atoms with Crippen molar-refractivity contribution in [3.63, 3.8) is 0 Å². The molecule has 0 saturated heterocycles. The highest BCUT2D eigenvalue weighted by Crippen LogP contribution is 2.32. The van der Waals surface area contributed by atoms with Crippen LogP contribution < -0.4 is 4.74 Å². The summed E-state index contributed by atoms with van der Waals surface area (Å²) in [7, 11) is 0.207. The van der Waals surface area contributed by atoms with E-state index in [4.69, 9.17) is 21.1 Å². The molecule has 0 aliphatic carbocycles. The van der Waals surface area contributed by atoms with Gasteiger partial charge in [0.25, 0.3) is 0 Å². The summed E-state index contributed by atoms with van der Waals surface area (Å²) in [6.45, 7) is 6.35. The lowest BCUT2D eigenvalue weighted by atomic mass is 10.1. The van der Waals surface area contributed by atoms with Crippen LogP contribution in [0, 0.1) is 0 Å². The zero-order valence-electron chi connectivity index (χ0n) is 14.6. The molecule has 134 valence electrons. The first kappa shape index (κ1) is 18.1. The van der Waals surface area contributed by atoms with Gasteiger partial charge < -0.3 is 9.47 Å². The molecule has 8 heteroatoms. The maximum atomic E-state index is 12.4. The predicted molar refractivity (Wildman–Crippen MR) is 99.2 cm³/mol. The molecular weight excluding hydrogens is 362 g/mol. The van der Waals surface area contributed by atoms with Crippen molar-refractivity contribution in [2.24, 2.45) is 4.40 Å². The Morgan fingerprint density at radius 1 is 1.36 bits per heavy atom. The lowest BCUT2D eigenvalue weighted by molar-refractivity contribution is 0.147. The topological polar surface area (TPSA) is 65.7 Å². The van der Waals surface area contributed by atoms with Gasteiger partial charge in [0, 0.05) is 5.56 Å². The molecule has 1 aliphatic rings. The zero-order valence-corrected chi connectivity index (χ0v) is 16.1. The number of nitrogens with zero attached hydrogens (tertiary/aromatic N) is 3. The first-order valence-corrected chi connectivity index (χ1v) is 9.29. The van der Waals surface area contributed by atoms with Gasteiger partial charge in [-0.25, -0.2) is 8.89 Å². The van der Waals surface area contributed by atoms with Gasteiger partial charge in [-0.15, -0.1) is 0 Å². The van der Waals surface area contributed by atoms with E-state index in [1.165, 1.54) is 0 Å². The fourth-order valence-electron chi connectivity index (χ4n) is 2.42. The Bertz CT molecular complexity index is 855. The molecule has 0 radical (unpaired) electrons. The highest BCUT2D eigenvalue weighted by atomic mass is 35.5. The first-order valence-electron chi connectivity index (χ1n) is 7.80. The number of methoxy groups -OCH3 is 1. The van der Waals surface area contributed by atoms with Crippen LogP contribution in [0.25, 0.3) is 5.69 Å². The van der Waals surface area contributed by atoms with Crippen molar-refractivity contribution in [2.45, 2.75) is 32.1 Å². The smallest absolute Gasteiger partial charge is 0.145 e. The number of halogens is 1. The summed E-state index contributed by atoms with van der Waals surface area (Å²) in [5, 5.41) is 4.91. The van der Waals surface area contributed by atoms with Gasteiger partial charge in [-0.3, -0.25) is 0 Å². The van der Waals surface area contributed by atoms with Crippen molar-refractivity contribution in [2.75, 3.05) is 13.7 Å². The molecule has 0 fully saturated rings. The van der Waals surface area contributed by atoms with Gasteiger partial charge in [-0.2, -0.15) is 9.50 Å². The standard InChI is InChI=1S/C17H20ClN3O3S/c1-17(2,3)25(22)20-12-9-24-10-14-11(12)8-19-21(14)13-6-5-7-15(23-4)16(13)18/h5-8H,9-10H2,1-4H3/b20-12+. The number of hydrogen-bond acceptors (Lipinski definition) is 4. The predicted octanol–water partition coefficient (Wildman–Crippen LogP) is 3.32. The van der Waals surface area contributed by atoms with E-state index in [9.17, 15) is 4.21 Å². The Morgan fingerprint density at radius 2 is 2.12 bits per heavy atom. The number of benzene rings is 1. The van der Waals surface area contributed by atoms with Gasteiger partial charge in [-0.05, 0) is 32.9 Å². The van der Waals surface area contributed by atoms with Crippen molar-refractivity contribution in [1.29, 1.82) is 0 Å². The highest BCUT2D eigenvalue weighted by Gasteiger charge is 2.26. The summed E-state index contributed by atoms with van der Waals surface area (Å²) in [6.07, 6.45) is 1.71. The SMILES string of the molecule is COc1cccc(-n2ncc3c2COC/C3=N\S(=O)C(C)(C)C)c1Cl. The van der Waals surface area contributed by atoms with Gasteiger partial charge in [0.05, 0.1) is 48.4 Å². The van der Waals surface area contributed by atoms with E-state index in [1.807, 2.05) is 32.9 Å². The molecule has 0 N–H and O–H groups in total. The van der Waals surface area contributed by atoms with Gasteiger partial charge in [-0.1, -0.05) is 17.7 Å². The molecule has 1 aliphatic heterocycles. The van der Waals surface area contributed by atoms with E-state index < -0.39 is 15.7 Å². The molecule has 3 rings (SSSR count). The molecule has 6 nitrogen and oxygen atoms in total. The van der Waals surface area contributed by atoms with Crippen molar-refractivity contribution < 1.29 is 13.7 Å². The van der Waals surface area contributed by atoms with E-state index >= 15 is 0 Å². The molecule has 1 aromatic heterocycles. The second-order valence-corrected chi connectivity index (χ2v) is 8.89. The van der Waals surface area contributed by atoms with E-state index in [1.54, 1.807) is 24.1 Å². The van der Waals surface area contributed by atoms with Crippen molar-refractivity contribution in [3.8, 4) is 11.4 Å². The number of ether oxygens (including phenoxy) is 2. The average molecular weight is 382 g/mol. The van der Waals surface area contributed by atoms with E-state index in [2.05, 4.69) is 9.50 Å². The normalized spacial score (nSPS) is 17.4. The average Bonchev–Trinajstić information content (AvgIpc) is 2.99. The molecule has 1 atom stereocenters. The zero-order chi connectivity index (χ0) is 18.2. The molecule has 2 aromatic rings. The van der Waals surface area contributed by atoms with Crippen LogP contribution >= 0.6 is 11.6 Å². The summed E-state index contributed by atoms with van der Waals surface area (Å²) in [5.74, 6) is 0.572. The van der Waals surface area contributed by atoms with Crippen LogP contribution in [0.15, 0.2) is 28.8 Å². The Morgan fingerprint density at radius 3 is 2.80 bits per heavy atom. The Balaban J connectivity index is 2.06. The molecule has 1 unspecified atom stereocenters. The van der Waals surface area contributed by atoms with Crippen LogP contribution in [0.1, 0.15) is 32.0 Å². The number of fused-ring (bicyclic) bond motifs is 1. The third-order valence-corrected chi connectivity index (χ3v) is 5.58. The first-order chi connectivity index (χ1) is 11.8. The monoisotopic (exact) mass is 381 g/mol. The molecule has 0 bridgehead atoms. The second kappa shape index (κ2) is 6.90. The lowest BCUT2D eigenvalue weighted by Crippen LogP contribution is -2.25. The Hall–Kier alpha value is -1.70. The summed E-state index contributed by atoms with van der Waals surface area (Å²) < 4.78 is 28.9. The Labute approximate surface area is 154 Å². The van der Waals surface area contributed by atoms with Gasteiger partial charge in [0.2, 0.25) is 0 Å². The van der Waals surface area contributed by atoms with Crippen molar-refractivity contribution in [1.82, 2.24) is 9.78 Å².